The van der Waals surface area contributed by atoms with Gasteiger partial charge in [0.1, 0.15) is 0 Å². The SMILES string of the molecule is NC(=S)Nc1cc(-n2cccn2)ccc1C(=O)O. The Kier molecular flexibility index (Phi) is 3.24. The molecule has 0 aliphatic carbocycles. The van der Waals surface area contributed by atoms with Crippen LogP contribution in [-0.2, 0) is 0 Å². The number of aromatic nitrogens is 2. The van der Waals surface area contributed by atoms with Crippen LogP contribution in [0.4, 0.5) is 5.69 Å². The number of nitrogens with zero attached hydrogens (tertiary/aromatic N) is 2. The molecular weight excluding hydrogens is 252 g/mol. The van der Waals surface area contributed by atoms with E-state index in [2.05, 4.69) is 10.4 Å². The summed E-state index contributed by atoms with van der Waals surface area (Å²) in [5.41, 5.74) is 6.51. The van der Waals surface area contributed by atoms with Crippen LogP contribution in [0.25, 0.3) is 5.69 Å². The van der Waals surface area contributed by atoms with E-state index in [0.29, 0.717) is 11.4 Å². The first-order valence-electron chi connectivity index (χ1n) is 5.02. The highest BCUT2D eigenvalue weighted by Crippen LogP contribution is 2.20. The monoisotopic (exact) mass is 262 g/mol. The Morgan fingerprint density at radius 2 is 2.28 bits per heavy atom. The summed E-state index contributed by atoms with van der Waals surface area (Å²) in [6.45, 7) is 0. The van der Waals surface area contributed by atoms with Gasteiger partial charge in [0, 0.05) is 12.4 Å². The highest BCUT2D eigenvalue weighted by Gasteiger charge is 2.11. The summed E-state index contributed by atoms with van der Waals surface area (Å²) in [4.78, 5) is 11.1. The second-order valence-electron chi connectivity index (χ2n) is 3.47. The van der Waals surface area contributed by atoms with E-state index in [4.69, 9.17) is 23.1 Å². The van der Waals surface area contributed by atoms with Crippen molar-refractivity contribution in [3.05, 3.63) is 42.2 Å². The van der Waals surface area contributed by atoms with Crippen LogP contribution in [0.5, 0.6) is 0 Å². The molecule has 1 heterocycles. The van der Waals surface area contributed by atoms with Crippen molar-refractivity contribution in [2.45, 2.75) is 0 Å². The molecule has 18 heavy (non-hydrogen) atoms. The van der Waals surface area contributed by atoms with Crippen LogP contribution in [-0.4, -0.2) is 26.0 Å². The van der Waals surface area contributed by atoms with Gasteiger partial charge in [0.15, 0.2) is 5.11 Å². The summed E-state index contributed by atoms with van der Waals surface area (Å²) in [5.74, 6) is -1.05. The Morgan fingerprint density at radius 3 is 2.83 bits per heavy atom. The zero-order valence-electron chi connectivity index (χ0n) is 9.20. The van der Waals surface area contributed by atoms with Gasteiger partial charge in [0.05, 0.1) is 16.9 Å². The third-order valence-electron chi connectivity index (χ3n) is 2.26. The molecule has 0 amide bonds. The van der Waals surface area contributed by atoms with Crippen molar-refractivity contribution in [1.29, 1.82) is 0 Å². The first-order valence-corrected chi connectivity index (χ1v) is 5.42. The molecule has 1 aromatic carbocycles. The number of carbonyl (C=O) groups is 1. The number of anilines is 1. The number of aromatic carboxylic acids is 1. The van der Waals surface area contributed by atoms with Crippen molar-refractivity contribution in [3.8, 4) is 5.69 Å². The maximum absolute atomic E-state index is 11.1. The lowest BCUT2D eigenvalue weighted by Gasteiger charge is -2.10. The van der Waals surface area contributed by atoms with E-state index in [9.17, 15) is 4.79 Å². The van der Waals surface area contributed by atoms with Gasteiger partial charge in [-0.15, -0.1) is 0 Å². The van der Waals surface area contributed by atoms with Crippen LogP contribution in [0.15, 0.2) is 36.7 Å². The summed E-state index contributed by atoms with van der Waals surface area (Å²) in [6, 6.07) is 6.52. The molecule has 0 radical (unpaired) electrons. The Bertz CT molecular complexity index is 595. The maximum atomic E-state index is 11.1. The third kappa shape index (κ3) is 2.46. The maximum Gasteiger partial charge on any atom is 0.337 e. The van der Waals surface area contributed by atoms with E-state index in [-0.39, 0.29) is 10.7 Å². The molecule has 0 aliphatic rings. The normalized spacial score (nSPS) is 10.0. The molecule has 0 saturated heterocycles. The van der Waals surface area contributed by atoms with Crippen LogP contribution >= 0.6 is 12.2 Å². The predicted octanol–water partition coefficient (Wildman–Crippen LogP) is 1.23. The highest BCUT2D eigenvalue weighted by molar-refractivity contribution is 7.80. The first kappa shape index (κ1) is 12.1. The van der Waals surface area contributed by atoms with Crippen LogP contribution < -0.4 is 11.1 Å². The molecule has 4 N–H and O–H groups in total. The van der Waals surface area contributed by atoms with Crippen molar-refractivity contribution in [2.24, 2.45) is 5.73 Å². The highest BCUT2D eigenvalue weighted by atomic mass is 32.1. The van der Waals surface area contributed by atoms with Gasteiger partial charge in [0.25, 0.3) is 0 Å². The van der Waals surface area contributed by atoms with Gasteiger partial charge in [-0.1, -0.05) is 0 Å². The molecule has 6 nitrogen and oxygen atoms in total. The number of hydrogen-bond acceptors (Lipinski definition) is 3. The smallest absolute Gasteiger partial charge is 0.337 e. The van der Waals surface area contributed by atoms with E-state index >= 15 is 0 Å². The third-order valence-corrected chi connectivity index (χ3v) is 2.36. The van der Waals surface area contributed by atoms with E-state index in [1.807, 2.05) is 0 Å². The molecule has 0 aliphatic heterocycles. The number of rotatable bonds is 3. The average molecular weight is 262 g/mol. The molecule has 2 rings (SSSR count). The van der Waals surface area contributed by atoms with Crippen molar-refractivity contribution >= 4 is 29.0 Å². The summed E-state index contributed by atoms with van der Waals surface area (Å²) < 4.78 is 1.61. The fraction of sp³-hybridized carbons (Fsp3) is 0. The molecule has 0 spiro atoms. The van der Waals surface area contributed by atoms with Crippen molar-refractivity contribution in [2.75, 3.05) is 5.32 Å². The molecule has 0 unspecified atom stereocenters. The molecule has 1 aromatic heterocycles. The van der Waals surface area contributed by atoms with Crippen LogP contribution in [0.3, 0.4) is 0 Å². The molecule has 0 bridgehead atoms. The Morgan fingerprint density at radius 1 is 1.50 bits per heavy atom. The molecule has 2 aromatic rings. The number of carboxylic acid groups (broad SMARTS) is 1. The number of benzene rings is 1. The van der Waals surface area contributed by atoms with Gasteiger partial charge >= 0.3 is 5.97 Å². The molecule has 0 saturated carbocycles. The van der Waals surface area contributed by atoms with Gasteiger partial charge in [-0.25, -0.2) is 9.48 Å². The van der Waals surface area contributed by atoms with Gasteiger partial charge in [-0.05, 0) is 36.5 Å². The standard InChI is InChI=1S/C11H10N4O2S/c12-11(18)14-9-6-7(15-5-1-4-13-15)2-3-8(9)10(16)17/h1-6H,(H,16,17)(H3,12,14,18). The van der Waals surface area contributed by atoms with E-state index in [1.165, 1.54) is 6.07 Å². The summed E-state index contributed by atoms with van der Waals surface area (Å²) in [5, 5.41) is 15.8. The largest absolute Gasteiger partial charge is 0.478 e. The average Bonchev–Trinajstić information content (AvgIpc) is 2.81. The Balaban J connectivity index is 2.48. The number of nitrogens with two attached hydrogens (primary N) is 1. The van der Waals surface area contributed by atoms with E-state index in [1.54, 1.807) is 35.3 Å². The van der Waals surface area contributed by atoms with E-state index < -0.39 is 5.97 Å². The minimum Gasteiger partial charge on any atom is -0.478 e. The summed E-state index contributed by atoms with van der Waals surface area (Å²) in [7, 11) is 0. The molecule has 92 valence electrons. The summed E-state index contributed by atoms with van der Waals surface area (Å²) >= 11 is 4.72. The minimum absolute atomic E-state index is 0.00937. The second-order valence-corrected chi connectivity index (χ2v) is 3.91. The van der Waals surface area contributed by atoms with Gasteiger partial charge in [-0.2, -0.15) is 5.10 Å². The van der Waals surface area contributed by atoms with Crippen molar-refractivity contribution in [3.63, 3.8) is 0 Å². The number of thiocarbonyl (C=S) groups is 1. The number of hydrogen-bond donors (Lipinski definition) is 3. The number of carboxylic acids is 1. The fourth-order valence-corrected chi connectivity index (χ4v) is 1.63. The van der Waals surface area contributed by atoms with E-state index in [0.717, 1.165) is 0 Å². The lowest BCUT2D eigenvalue weighted by atomic mass is 10.1. The zero-order chi connectivity index (χ0) is 13.1. The quantitative estimate of drug-likeness (QED) is 0.720. The fourth-order valence-electron chi connectivity index (χ4n) is 1.52. The van der Waals surface area contributed by atoms with Crippen molar-refractivity contribution < 1.29 is 9.90 Å². The zero-order valence-corrected chi connectivity index (χ0v) is 10.0. The van der Waals surface area contributed by atoms with Crippen molar-refractivity contribution in [1.82, 2.24) is 9.78 Å². The lowest BCUT2D eigenvalue weighted by molar-refractivity contribution is 0.0698. The van der Waals surface area contributed by atoms with Gasteiger partial charge in [-0.3, -0.25) is 0 Å². The molecule has 0 fully saturated rings. The first-order chi connectivity index (χ1) is 8.58. The minimum atomic E-state index is -1.05. The molecular formula is C11H10N4O2S. The predicted molar refractivity (Wildman–Crippen MR) is 70.9 cm³/mol. The van der Waals surface area contributed by atoms with Crippen LogP contribution in [0.2, 0.25) is 0 Å². The van der Waals surface area contributed by atoms with Gasteiger partial charge in [0.2, 0.25) is 0 Å². The van der Waals surface area contributed by atoms with Gasteiger partial charge < -0.3 is 16.2 Å². The summed E-state index contributed by atoms with van der Waals surface area (Å²) in [6.07, 6.45) is 3.38. The van der Waals surface area contributed by atoms with Crippen LogP contribution in [0, 0.1) is 0 Å². The molecule has 0 atom stereocenters. The number of nitrogens with one attached hydrogen (secondary N) is 1. The topological polar surface area (TPSA) is 93.2 Å². The Labute approximate surface area is 108 Å². The van der Waals surface area contributed by atoms with Crippen LogP contribution in [0.1, 0.15) is 10.4 Å². The second kappa shape index (κ2) is 4.84. The lowest BCUT2D eigenvalue weighted by Crippen LogP contribution is -2.21. The Hall–Kier alpha value is -2.41. The molecule has 7 heteroatoms.